The van der Waals surface area contributed by atoms with Gasteiger partial charge in [-0.25, -0.2) is 4.79 Å². The molecule has 0 amide bonds. The minimum absolute atomic E-state index is 0.353. The molecule has 0 saturated carbocycles. The van der Waals surface area contributed by atoms with E-state index in [0.29, 0.717) is 5.92 Å². The van der Waals surface area contributed by atoms with Crippen molar-refractivity contribution in [2.75, 3.05) is 14.2 Å². The van der Waals surface area contributed by atoms with Crippen molar-refractivity contribution in [2.45, 2.75) is 13.8 Å². The second-order valence-electron chi connectivity index (χ2n) is 4.39. The molecule has 1 rings (SSSR count). The molecule has 0 spiro atoms. The first-order valence-corrected chi connectivity index (χ1v) is 6.19. The zero-order valence-electron chi connectivity index (χ0n) is 11.8. The number of benzene rings is 1. The van der Waals surface area contributed by atoms with Gasteiger partial charge in [0.25, 0.3) is 0 Å². The van der Waals surface area contributed by atoms with E-state index in [1.165, 1.54) is 13.2 Å². The van der Waals surface area contributed by atoms with Crippen LogP contribution in [0.15, 0.2) is 42.5 Å². The maximum absolute atomic E-state index is 11.0. The minimum atomic E-state index is -0.353. The second kappa shape index (κ2) is 7.41. The summed E-state index contributed by atoms with van der Waals surface area (Å²) >= 11 is 0. The maximum atomic E-state index is 11.0. The van der Waals surface area contributed by atoms with Gasteiger partial charge in [0.2, 0.25) is 0 Å². The van der Waals surface area contributed by atoms with E-state index in [1.54, 1.807) is 13.2 Å². The van der Waals surface area contributed by atoms with Crippen LogP contribution >= 0.6 is 0 Å². The second-order valence-corrected chi connectivity index (χ2v) is 4.39. The van der Waals surface area contributed by atoms with Crippen molar-refractivity contribution in [3.05, 3.63) is 48.1 Å². The van der Waals surface area contributed by atoms with Crippen LogP contribution in [0.4, 0.5) is 0 Å². The van der Waals surface area contributed by atoms with Crippen molar-refractivity contribution in [2.24, 2.45) is 5.92 Å². The molecular weight excluding hydrogens is 240 g/mol. The lowest BCUT2D eigenvalue weighted by Gasteiger charge is -2.11. The standard InChI is InChI=1S/C16H20O3/c1-12(2)15(6-5-7-16(17)19-4)13-8-10-14(18-3)11-9-13/h5-12H,1-4H3. The van der Waals surface area contributed by atoms with Crippen LogP contribution in [-0.4, -0.2) is 20.2 Å². The number of ether oxygens (including phenoxy) is 2. The van der Waals surface area contributed by atoms with Crippen molar-refractivity contribution in [3.63, 3.8) is 0 Å². The summed E-state index contributed by atoms with van der Waals surface area (Å²) in [7, 11) is 3.01. The molecule has 19 heavy (non-hydrogen) atoms. The van der Waals surface area contributed by atoms with Crippen LogP contribution in [0.5, 0.6) is 5.75 Å². The molecular formula is C16H20O3. The van der Waals surface area contributed by atoms with Crippen molar-refractivity contribution in [3.8, 4) is 5.75 Å². The molecule has 3 heteroatoms. The minimum Gasteiger partial charge on any atom is -0.497 e. The van der Waals surface area contributed by atoms with E-state index in [9.17, 15) is 4.79 Å². The quantitative estimate of drug-likeness (QED) is 0.462. The van der Waals surface area contributed by atoms with E-state index in [4.69, 9.17) is 4.74 Å². The van der Waals surface area contributed by atoms with Crippen LogP contribution in [0, 0.1) is 5.92 Å². The van der Waals surface area contributed by atoms with E-state index >= 15 is 0 Å². The van der Waals surface area contributed by atoms with Crippen LogP contribution in [-0.2, 0) is 9.53 Å². The number of esters is 1. The average Bonchev–Trinajstić information content (AvgIpc) is 2.43. The zero-order chi connectivity index (χ0) is 14.3. The number of hydrogen-bond acceptors (Lipinski definition) is 3. The lowest BCUT2D eigenvalue weighted by molar-refractivity contribution is -0.134. The highest BCUT2D eigenvalue weighted by Crippen LogP contribution is 2.25. The molecule has 0 aliphatic heterocycles. The molecule has 0 heterocycles. The summed E-state index contributed by atoms with van der Waals surface area (Å²) in [6.07, 6.45) is 5.06. The highest BCUT2D eigenvalue weighted by atomic mass is 16.5. The summed E-state index contributed by atoms with van der Waals surface area (Å²) in [5, 5.41) is 0. The van der Waals surface area contributed by atoms with Gasteiger partial charge in [0.05, 0.1) is 14.2 Å². The fraction of sp³-hybridized carbons (Fsp3) is 0.312. The molecule has 0 saturated heterocycles. The lowest BCUT2D eigenvalue weighted by Crippen LogP contribution is -1.95. The van der Waals surface area contributed by atoms with Gasteiger partial charge in [0.15, 0.2) is 0 Å². The molecule has 0 N–H and O–H groups in total. The smallest absolute Gasteiger partial charge is 0.330 e. The Bertz CT molecular complexity index is 467. The molecule has 0 radical (unpaired) electrons. The third-order valence-electron chi connectivity index (χ3n) is 2.75. The lowest BCUT2D eigenvalue weighted by atomic mass is 9.95. The molecule has 0 aliphatic carbocycles. The van der Waals surface area contributed by atoms with Gasteiger partial charge in [-0.2, -0.15) is 0 Å². The highest BCUT2D eigenvalue weighted by molar-refractivity contribution is 5.82. The third-order valence-corrected chi connectivity index (χ3v) is 2.75. The number of carbonyl (C=O) groups is 1. The molecule has 0 aromatic heterocycles. The SMILES string of the molecule is COC(=O)C=CC=C(c1ccc(OC)cc1)C(C)C. The predicted molar refractivity (Wildman–Crippen MR) is 77.0 cm³/mol. The van der Waals surface area contributed by atoms with Crippen LogP contribution in [0.3, 0.4) is 0 Å². The van der Waals surface area contributed by atoms with Gasteiger partial charge in [-0.1, -0.05) is 38.1 Å². The first-order chi connectivity index (χ1) is 9.08. The zero-order valence-corrected chi connectivity index (χ0v) is 11.8. The first-order valence-electron chi connectivity index (χ1n) is 6.19. The molecule has 0 fully saturated rings. The number of hydrogen-bond donors (Lipinski definition) is 0. The summed E-state index contributed by atoms with van der Waals surface area (Å²) in [5.41, 5.74) is 2.27. The Hall–Kier alpha value is -2.03. The number of allylic oxidation sites excluding steroid dienone is 3. The van der Waals surface area contributed by atoms with Crippen LogP contribution < -0.4 is 4.74 Å². The van der Waals surface area contributed by atoms with Crippen molar-refractivity contribution in [1.82, 2.24) is 0 Å². The van der Waals surface area contributed by atoms with E-state index in [2.05, 4.69) is 18.6 Å². The van der Waals surface area contributed by atoms with E-state index in [0.717, 1.165) is 16.9 Å². The van der Waals surface area contributed by atoms with E-state index < -0.39 is 0 Å². The molecule has 0 aliphatic rings. The molecule has 1 aromatic carbocycles. The number of rotatable bonds is 5. The summed E-state index contributed by atoms with van der Waals surface area (Å²) < 4.78 is 9.70. The third kappa shape index (κ3) is 4.62. The van der Waals surface area contributed by atoms with E-state index in [-0.39, 0.29) is 5.97 Å². The normalized spacial score (nSPS) is 11.9. The Labute approximate surface area is 114 Å². The molecule has 0 bridgehead atoms. The number of carbonyl (C=O) groups excluding carboxylic acids is 1. The van der Waals surface area contributed by atoms with Gasteiger partial charge in [-0.3, -0.25) is 0 Å². The molecule has 102 valence electrons. The van der Waals surface area contributed by atoms with Crippen LogP contribution in [0.1, 0.15) is 19.4 Å². The Morgan fingerprint density at radius 3 is 2.26 bits per heavy atom. The first kappa shape index (κ1) is 15.0. The average molecular weight is 260 g/mol. The van der Waals surface area contributed by atoms with Gasteiger partial charge in [0.1, 0.15) is 5.75 Å². The topological polar surface area (TPSA) is 35.5 Å². The Balaban J connectivity index is 2.96. The van der Waals surface area contributed by atoms with Crippen LogP contribution in [0.25, 0.3) is 5.57 Å². The van der Waals surface area contributed by atoms with Gasteiger partial charge in [-0.15, -0.1) is 0 Å². The Morgan fingerprint density at radius 1 is 1.16 bits per heavy atom. The van der Waals surface area contributed by atoms with Crippen LogP contribution in [0.2, 0.25) is 0 Å². The van der Waals surface area contributed by atoms with Crippen molar-refractivity contribution < 1.29 is 14.3 Å². The number of methoxy groups -OCH3 is 2. The Morgan fingerprint density at radius 2 is 1.79 bits per heavy atom. The fourth-order valence-electron chi connectivity index (χ4n) is 1.70. The van der Waals surface area contributed by atoms with Gasteiger partial charge < -0.3 is 9.47 Å². The monoisotopic (exact) mass is 260 g/mol. The largest absolute Gasteiger partial charge is 0.497 e. The summed E-state index contributed by atoms with van der Waals surface area (Å²) in [6, 6.07) is 7.87. The van der Waals surface area contributed by atoms with Crippen molar-refractivity contribution >= 4 is 11.5 Å². The molecule has 1 aromatic rings. The fourth-order valence-corrected chi connectivity index (χ4v) is 1.70. The Kier molecular flexibility index (Phi) is 5.86. The molecule has 0 atom stereocenters. The van der Waals surface area contributed by atoms with Gasteiger partial charge >= 0.3 is 5.97 Å². The van der Waals surface area contributed by atoms with E-state index in [1.807, 2.05) is 30.3 Å². The molecule has 0 unspecified atom stereocenters. The predicted octanol–water partition coefficient (Wildman–Crippen LogP) is 3.46. The van der Waals surface area contributed by atoms with Crippen molar-refractivity contribution in [1.29, 1.82) is 0 Å². The van der Waals surface area contributed by atoms with Gasteiger partial charge in [-0.05, 0) is 29.2 Å². The molecule has 3 nitrogen and oxygen atoms in total. The summed E-state index contributed by atoms with van der Waals surface area (Å²) in [4.78, 5) is 11.0. The summed E-state index contributed by atoms with van der Waals surface area (Å²) in [6.45, 7) is 4.23. The van der Waals surface area contributed by atoms with Gasteiger partial charge in [0, 0.05) is 6.08 Å². The maximum Gasteiger partial charge on any atom is 0.330 e. The summed E-state index contributed by atoms with van der Waals surface area (Å²) in [5.74, 6) is 0.835. The highest BCUT2D eigenvalue weighted by Gasteiger charge is 2.05.